The van der Waals surface area contributed by atoms with Crippen LogP contribution in [-0.2, 0) is 9.47 Å². The van der Waals surface area contributed by atoms with E-state index in [-0.39, 0.29) is 12.6 Å². The molecule has 5 heteroatoms. The molecule has 1 unspecified atom stereocenters. The van der Waals surface area contributed by atoms with E-state index in [4.69, 9.17) is 9.47 Å². The Kier molecular flexibility index (Phi) is 12.1. The van der Waals surface area contributed by atoms with Gasteiger partial charge in [0, 0.05) is 33.4 Å². The Morgan fingerprint density at radius 3 is 2.12 bits per heavy atom. The van der Waals surface area contributed by atoms with Crippen molar-refractivity contribution in [3.05, 3.63) is 0 Å². The molecular weight excluding hydrogens is 220 g/mol. The molecule has 0 aromatic rings. The van der Waals surface area contributed by atoms with Crippen molar-refractivity contribution >= 4 is 0 Å². The molecule has 0 spiro atoms. The summed E-state index contributed by atoms with van der Waals surface area (Å²) in [6.45, 7) is 7.36. The summed E-state index contributed by atoms with van der Waals surface area (Å²) in [7, 11) is 3.42. The van der Waals surface area contributed by atoms with Crippen molar-refractivity contribution in [2.45, 2.75) is 19.4 Å². The van der Waals surface area contributed by atoms with Crippen LogP contribution >= 0.6 is 0 Å². The van der Waals surface area contributed by atoms with Gasteiger partial charge < -0.3 is 19.9 Å². The first kappa shape index (κ1) is 16.8. The Morgan fingerprint density at radius 2 is 1.71 bits per heavy atom. The highest BCUT2D eigenvalue weighted by Gasteiger charge is 2.09. The predicted octanol–water partition coefficient (Wildman–Crippen LogP) is -0.0583. The first-order valence-electron chi connectivity index (χ1n) is 6.32. The Morgan fingerprint density at radius 1 is 1.12 bits per heavy atom. The minimum absolute atomic E-state index is 0.188. The predicted molar refractivity (Wildman–Crippen MR) is 69.4 cm³/mol. The molecule has 1 atom stereocenters. The molecule has 2 N–H and O–H groups in total. The molecule has 0 aliphatic rings. The number of ether oxygens (including phenoxy) is 2. The van der Waals surface area contributed by atoms with Crippen LogP contribution in [0.15, 0.2) is 0 Å². The molecule has 17 heavy (non-hydrogen) atoms. The van der Waals surface area contributed by atoms with Gasteiger partial charge in [0.25, 0.3) is 0 Å². The largest absolute Gasteiger partial charge is 0.395 e. The molecule has 0 fully saturated rings. The molecule has 0 bridgehead atoms. The van der Waals surface area contributed by atoms with Crippen LogP contribution in [0, 0.1) is 0 Å². The molecule has 0 rings (SSSR count). The van der Waals surface area contributed by atoms with Gasteiger partial charge in [-0.3, -0.25) is 4.90 Å². The summed E-state index contributed by atoms with van der Waals surface area (Å²) in [6.07, 6.45) is 0.942. The van der Waals surface area contributed by atoms with Gasteiger partial charge in [-0.1, -0.05) is 6.92 Å². The number of aliphatic hydroxyl groups excluding tert-OH is 1. The van der Waals surface area contributed by atoms with E-state index in [1.165, 1.54) is 0 Å². The fourth-order valence-corrected chi connectivity index (χ4v) is 1.66. The van der Waals surface area contributed by atoms with E-state index in [1.54, 1.807) is 14.2 Å². The highest BCUT2D eigenvalue weighted by molar-refractivity contribution is 4.68. The zero-order chi connectivity index (χ0) is 12.9. The van der Waals surface area contributed by atoms with E-state index >= 15 is 0 Å². The molecule has 0 saturated carbocycles. The van der Waals surface area contributed by atoms with Gasteiger partial charge in [-0.15, -0.1) is 0 Å². The van der Waals surface area contributed by atoms with Crippen molar-refractivity contribution in [3.8, 4) is 0 Å². The summed E-state index contributed by atoms with van der Waals surface area (Å²) < 4.78 is 10.2. The number of nitrogens with one attached hydrogen (secondary N) is 1. The van der Waals surface area contributed by atoms with Crippen LogP contribution in [0.3, 0.4) is 0 Å². The molecule has 104 valence electrons. The normalized spacial score (nSPS) is 13.2. The van der Waals surface area contributed by atoms with Gasteiger partial charge in [-0.05, 0) is 19.5 Å². The molecule has 0 aromatic heterocycles. The lowest BCUT2D eigenvalue weighted by Crippen LogP contribution is -2.38. The van der Waals surface area contributed by atoms with Crippen LogP contribution in [0.5, 0.6) is 0 Å². The minimum Gasteiger partial charge on any atom is -0.395 e. The highest BCUT2D eigenvalue weighted by atomic mass is 16.5. The average Bonchev–Trinajstić information content (AvgIpc) is 2.36. The van der Waals surface area contributed by atoms with Gasteiger partial charge in [0.15, 0.2) is 0 Å². The topological polar surface area (TPSA) is 54.0 Å². The van der Waals surface area contributed by atoms with E-state index in [0.717, 1.165) is 45.8 Å². The van der Waals surface area contributed by atoms with Crippen molar-refractivity contribution in [2.24, 2.45) is 0 Å². The minimum atomic E-state index is 0.188. The molecule has 0 aliphatic carbocycles. The van der Waals surface area contributed by atoms with Gasteiger partial charge >= 0.3 is 0 Å². The third kappa shape index (κ3) is 9.50. The lowest BCUT2D eigenvalue weighted by atomic mass is 10.2. The summed E-state index contributed by atoms with van der Waals surface area (Å²) in [5.74, 6) is 0. The summed E-state index contributed by atoms with van der Waals surface area (Å²) in [6, 6.07) is 0.188. The van der Waals surface area contributed by atoms with Crippen LogP contribution in [0.25, 0.3) is 0 Å². The summed E-state index contributed by atoms with van der Waals surface area (Å²) in [5.41, 5.74) is 0. The van der Waals surface area contributed by atoms with E-state index in [9.17, 15) is 5.11 Å². The molecule has 5 nitrogen and oxygen atoms in total. The monoisotopic (exact) mass is 248 g/mol. The van der Waals surface area contributed by atoms with Crippen molar-refractivity contribution in [3.63, 3.8) is 0 Å². The van der Waals surface area contributed by atoms with E-state index in [1.807, 2.05) is 0 Å². The van der Waals surface area contributed by atoms with E-state index < -0.39 is 0 Å². The first-order valence-corrected chi connectivity index (χ1v) is 6.32. The quantitative estimate of drug-likeness (QED) is 0.507. The van der Waals surface area contributed by atoms with Crippen molar-refractivity contribution in [1.82, 2.24) is 10.2 Å². The number of rotatable bonds is 12. The average molecular weight is 248 g/mol. The SMILES string of the molecule is CCNC(CO)CCN(CCOC)CCOC. The molecule has 0 aliphatic heterocycles. The lowest BCUT2D eigenvalue weighted by molar-refractivity contribution is 0.108. The van der Waals surface area contributed by atoms with E-state index in [0.29, 0.717) is 0 Å². The lowest BCUT2D eigenvalue weighted by Gasteiger charge is -2.24. The Labute approximate surface area is 105 Å². The number of methoxy groups -OCH3 is 2. The summed E-state index contributed by atoms with van der Waals surface area (Å²) >= 11 is 0. The number of hydrogen-bond donors (Lipinski definition) is 2. The maximum absolute atomic E-state index is 9.19. The van der Waals surface area contributed by atoms with Crippen molar-refractivity contribution in [1.29, 1.82) is 0 Å². The third-order valence-corrected chi connectivity index (χ3v) is 2.73. The van der Waals surface area contributed by atoms with Crippen LogP contribution in [0.4, 0.5) is 0 Å². The Balaban J connectivity index is 3.85. The van der Waals surface area contributed by atoms with Crippen LogP contribution in [0.1, 0.15) is 13.3 Å². The number of likely N-dealkylation sites (N-methyl/N-ethyl adjacent to an activating group) is 1. The summed E-state index contributed by atoms with van der Waals surface area (Å²) in [4.78, 5) is 2.30. The second-order valence-electron chi connectivity index (χ2n) is 4.05. The summed E-state index contributed by atoms with van der Waals surface area (Å²) in [5, 5.41) is 12.5. The van der Waals surface area contributed by atoms with Crippen LogP contribution < -0.4 is 5.32 Å². The maximum atomic E-state index is 9.19. The van der Waals surface area contributed by atoms with E-state index in [2.05, 4.69) is 17.1 Å². The molecule has 0 amide bonds. The van der Waals surface area contributed by atoms with Crippen molar-refractivity contribution in [2.75, 3.05) is 60.2 Å². The van der Waals surface area contributed by atoms with Crippen LogP contribution in [-0.4, -0.2) is 76.3 Å². The van der Waals surface area contributed by atoms with Crippen molar-refractivity contribution < 1.29 is 14.6 Å². The van der Waals surface area contributed by atoms with Gasteiger partial charge in [0.2, 0.25) is 0 Å². The second-order valence-corrected chi connectivity index (χ2v) is 4.05. The smallest absolute Gasteiger partial charge is 0.0589 e. The molecule has 0 heterocycles. The van der Waals surface area contributed by atoms with Gasteiger partial charge in [0.1, 0.15) is 0 Å². The molecule has 0 saturated heterocycles. The molecular formula is C12H28N2O3. The molecule has 0 aromatic carbocycles. The highest BCUT2D eigenvalue weighted by Crippen LogP contribution is 1.97. The Hall–Kier alpha value is -0.200. The standard InChI is InChI=1S/C12H28N2O3/c1-4-13-12(11-15)5-6-14(7-9-16-2)8-10-17-3/h12-13,15H,4-11H2,1-3H3. The second kappa shape index (κ2) is 12.3. The maximum Gasteiger partial charge on any atom is 0.0589 e. The van der Waals surface area contributed by atoms with Crippen LogP contribution in [0.2, 0.25) is 0 Å². The van der Waals surface area contributed by atoms with Gasteiger partial charge in [0.05, 0.1) is 19.8 Å². The number of nitrogens with zero attached hydrogens (tertiary/aromatic N) is 1. The first-order chi connectivity index (χ1) is 8.28. The number of aliphatic hydroxyl groups is 1. The zero-order valence-electron chi connectivity index (χ0n) is 11.4. The fraction of sp³-hybridized carbons (Fsp3) is 1.00. The van der Waals surface area contributed by atoms with Gasteiger partial charge in [-0.2, -0.15) is 0 Å². The zero-order valence-corrected chi connectivity index (χ0v) is 11.4. The third-order valence-electron chi connectivity index (χ3n) is 2.73. The van der Waals surface area contributed by atoms with Gasteiger partial charge in [-0.25, -0.2) is 0 Å². The number of hydrogen-bond acceptors (Lipinski definition) is 5. The molecule has 0 radical (unpaired) electrons. The Bertz CT molecular complexity index is 151. The fourth-order valence-electron chi connectivity index (χ4n) is 1.66.